The number of carboxylic acid groups (broad SMARTS) is 1. The second-order valence-electron chi connectivity index (χ2n) is 3.67. The second kappa shape index (κ2) is 6.61. The fourth-order valence-electron chi connectivity index (χ4n) is 1.48. The summed E-state index contributed by atoms with van der Waals surface area (Å²) >= 11 is 3.34. The molecule has 0 aliphatic carbocycles. The lowest BCUT2D eigenvalue weighted by Gasteiger charge is -2.17. The van der Waals surface area contributed by atoms with E-state index in [0.717, 1.165) is 16.5 Å². The molecule has 1 atom stereocenters. The third kappa shape index (κ3) is 3.71. The van der Waals surface area contributed by atoms with Gasteiger partial charge in [0.05, 0.1) is 4.47 Å². The Morgan fingerprint density at radius 2 is 2.29 bits per heavy atom. The molecule has 5 heteroatoms. The Hall–Kier alpha value is -1.07. The van der Waals surface area contributed by atoms with E-state index in [-0.39, 0.29) is 0 Å². The molecule has 0 aliphatic heterocycles. The minimum Gasteiger partial charge on any atom is -0.479 e. The highest BCUT2D eigenvalue weighted by Gasteiger charge is 2.20. The van der Waals surface area contributed by atoms with Gasteiger partial charge in [-0.05, 0) is 28.4 Å². The number of ether oxygens (including phenoxy) is 1. The van der Waals surface area contributed by atoms with Crippen LogP contribution in [0.25, 0.3) is 0 Å². The van der Waals surface area contributed by atoms with Crippen molar-refractivity contribution in [3.05, 3.63) is 28.2 Å². The lowest BCUT2D eigenvalue weighted by molar-refractivity contribution is -0.145. The molecular formula is C12H16BrNO3. The molecule has 0 radical (unpaired) electrons. The van der Waals surface area contributed by atoms with Crippen LogP contribution in [0.5, 0.6) is 5.75 Å². The maximum Gasteiger partial charge on any atom is 0.344 e. The summed E-state index contributed by atoms with van der Waals surface area (Å²) in [6, 6.07) is 5.47. The topological polar surface area (TPSA) is 72.5 Å². The molecule has 0 heterocycles. The van der Waals surface area contributed by atoms with Gasteiger partial charge >= 0.3 is 5.97 Å². The van der Waals surface area contributed by atoms with Gasteiger partial charge in [-0.2, -0.15) is 0 Å². The molecule has 0 aliphatic rings. The summed E-state index contributed by atoms with van der Waals surface area (Å²) in [5, 5.41) is 9.05. The summed E-state index contributed by atoms with van der Waals surface area (Å²) in [7, 11) is 0. The monoisotopic (exact) mass is 301 g/mol. The molecule has 0 aromatic heterocycles. The maximum absolute atomic E-state index is 11.0. The molecule has 17 heavy (non-hydrogen) atoms. The number of para-hydroxylation sites is 1. The molecule has 1 aromatic carbocycles. The standard InChI is InChI=1S/C12H16BrNO3/c1-2-4-10(12(15)16)17-11-8(7-14)5-3-6-9(11)13/h3,5-6,10H,2,4,7,14H2,1H3,(H,15,16). The largest absolute Gasteiger partial charge is 0.479 e. The number of benzene rings is 1. The van der Waals surface area contributed by atoms with Crippen molar-refractivity contribution in [1.82, 2.24) is 0 Å². The quantitative estimate of drug-likeness (QED) is 0.847. The first-order chi connectivity index (χ1) is 8.10. The van der Waals surface area contributed by atoms with E-state index in [1.165, 1.54) is 0 Å². The minimum atomic E-state index is -0.953. The lowest BCUT2D eigenvalue weighted by Crippen LogP contribution is -2.27. The van der Waals surface area contributed by atoms with E-state index in [9.17, 15) is 4.79 Å². The van der Waals surface area contributed by atoms with Crippen LogP contribution in [0.1, 0.15) is 25.3 Å². The van der Waals surface area contributed by atoms with Crippen LogP contribution in [-0.2, 0) is 11.3 Å². The summed E-state index contributed by atoms with van der Waals surface area (Å²) in [6.07, 6.45) is 0.393. The number of nitrogens with two attached hydrogens (primary N) is 1. The predicted molar refractivity (Wildman–Crippen MR) is 69.0 cm³/mol. The summed E-state index contributed by atoms with van der Waals surface area (Å²) < 4.78 is 6.27. The van der Waals surface area contributed by atoms with Gasteiger partial charge in [0.1, 0.15) is 5.75 Å². The smallest absolute Gasteiger partial charge is 0.344 e. The van der Waals surface area contributed by atoms with Crippen LogP contribution in [0.15, 0.2) is 22.7 Å². The van der Waals surface area contributed by atoms with Crippen LogP contribution in [0.2, 0.25) is 0 Å². The van der Waals surface area contributed by atoms with Crippen molar-refractivity contribution in [2.75, 3.05) is 0 Å². The van der Waals surface area contributed by atoms with Crippen molar-refractivity contribution in [2.24, 2.45) is 5.73 Å². The molecule has 4 nitrogen and oxygen atoms in total. The van der Waals surface area contributed by atoms with Crippen molar-refractivity contribution >= 4 is 21.9 Å². The fourth-order valence-corrected chi connectivity index (χ4v) is 1.98. The van der Waals surface area contributed by atoms with Crippen LogP contribution in [0, 0.1) is 0 Å². The first-order valence-corrected chi connectivity index (χ1v) is 6.26. The average molecular weight is 302 g/mol. The van der Waals surface area contributed by atoms with E-state index >= 15 is 0 Å². The first-order valence-electron chi connectivity index (χ1n) is 5.47. The molecule has 1 aromatic rings. The van der Waals surface area contributed by atoms with E-state index in [0.29, 0.717) is 18.7 Å². The van der Waals surface area contributed by atoms with Crippen LogP contribution in [0.4, 0.5) is 0 Å². The number of rotatable bonds is 6. The van der Waals surface area contributed by atoms with Crippen LogP contribution in [0.3, 0.4) is 0 Å². The highest BCUT2D eigenvalue weighted by molar-refractivity contribution is 9.10. The van der Waals surface area contributed by atoms with Gasteiger partial charge in [-0.25, -0.2) is 4.79 Å². The molecule has 0 amide bonds. The van der Waals surface area contributed by atoms with Gasteiger partial charge in [-0.1, -0.05) is 25.5 Å². The Morgan fingerprint density at radius 1 is 1.59 bits per heavy atom. The molecule has 1 rings (SSSR count). The molecule has 0 spiro atoms. The van der Waals surface area contributed by atoms with Crippen molar-refractivity contribution in [1.29, 1.82) is 0 Å². The molecule has 0 fully saturated rings. The van der Waals surface area contributed by atoms with Crippen molar-refractivity contribution < 1.29 is 14.6 Å². The Bertz CT molecular complexity index is 395. The van der Waals surface area contributed by atoms with E-state index in [1.807, 2.05) is 19.1 Å². The Labute approximate surface area is 109 Å². The molecular weight excluding hydrogens is 286 g/mol. The van der Waals surface area contributed by atoms with Gasteiger partial charge in [0, 0.05) is 12.1 Å². The molecule has 94 valence electrons. The van der Waals surface area contributed by atoms with Gasteiger partial charge in [0.15, 0.2) is 6.10 Å². The summed E-state index contributed by atoms with van der Waals surface area (Å²) in [4.78, 5) is 11.0. The SMILES string of the molecule is CCCC(Oc1c(Br)cccc1CN)C(=O)O. The van der Waals surface area contributed by atoms with E-state index in [1.54, 1.807) is 6.07 Å². The van der Waals surface area contributed by atoms with Crippen molar-refractivity contribution in [3.8, 4) is 5.75 Å². The highest BCUT2D eigenvalue weighted by atomic mass is 79.9. The summed E-state index contributed by atoms with van der Waals surface area (Å²) in [5.74, 6) is -0.429. The summed E-state index contributed by atoms with van der Waals surface area (Å²) in [5.41, 5.74) is 6.39. The number of aliphatic carboxylic acids is 1. The zero-order valence-electron chi connectivity index (χ0n) is 9.65. The normalized spacial score (nSPS) is 12.2. The van der Waals surface area contributed by atoms with Gasteiger partial charge < -0.3 is 15.6 Å². The van der Waals surface area contributed by atoms with E-state index in [2.05, 4.69) is 15.9 Å². The van der Waals surface area contributed by atoms with Gasteiger partial charge in [0.25, 0.3) is 0 Å². The Morgan fingerprint density at radius 3 is 2.82 bits per heavy atom. The maximum atomic E-state index is 11.0. The van der Waals surface area contributed by atoms with Gasteiger partial charge in [-0.15, -0.1) is 0 Å². The summed E-state index contributed by atoms with van der Waals surface area (Å²) in [6.45, 7) is 2.23. The molecule has 0 saturated heterocycles. The van der Waals surface area contributed by atoms with Gasteiger partial charge in [0.2, 0.25) is 0 Å². The van der Waals surface area contributed by atoms with E-state index < -0.39 is 12.1 Å². The fraction of sp³-hybridized carbons (Fsp3) is 0.417. The Kier molecular flexibility index (Phi) is 5.44. The van der Waals surface area contributed by atoms with Crippen molar-refractivity contribution in [2.45, 2.75) is 32.4 Å². The lowest BCUT2D eigenvalue weighted by atomic mass is 10.2. The number of hydrogen-bond acceptors (Lipinski definition) is 3. The second-order valence-corrected chi connectivity index (χ2v) is 4.52. The zero-order chi connectivity index (χ0) is 12.8. The third-order valence-corrected chi connectivity index (χ3v) is 2.98. The molecule has 1 unspecified atom stereocenters. The van der Waals surface area contributed by atoms with Crippen molar-refractivity contribution in [3.63, 3.8) is 0 Å². The number of carbonyl (C=O) groups is 1. The first kappa shape index (κ1) is 14.0. The minimum absolute atomic E-state index is 0.313. The third-order valence-electron chi connectivity index (χ3n) is 2.35. The molecule has 3 N–H and O–H groups in total. The number of carboxylic acids is 1. The predicted octanol–water partition coefficient (Wildman–Crippen LogP) is 2.54. The highest BCUT2D eigenvalue weighted by Crippen LogP contribution is 2.30. The number of hydrogen-bond donors (Lipinski definition) is 2. The van der Waals surface area contributed by atoms with Gasteiger partial charge in [-0.3, -0.25) is 0 Å². The van der Waals surface area contributed by atoms with Crippen LogP contribution in [-0.4, -0.2) is 17.2 Å². The molecule has 0 saturated carbocycles. The van der Waals surface area contributed by atoms with Crippen LogP contribution < -0.4 is 10.5 Å². The molecule has 0 bridgehead atoms. The average Bonchev–Trinajstić information content (AvgIpc) is 2.30. The zero-order valence-corrected chi connectivity index (χ0v) is 11.2. The Balaban J connectivity index is 2.95. The van der Waals surface area contributed by atoms with Crippen LogP contribution >= 0.6 is 15.9 Å². The number of halogens is 1. The van der Waals surface area contributed by atoms with E-state index in [4.69, 9.17) is 15.6 Å².